The standard InChI is InChI=1S/C18H17N3O4.C2H6/c22-15-8-1-4-12-5-2-9-17(16(12)11-15)20-18(23)19-13-6-3-7-14(10-13)21(24)25;1-2/h2-7,9-11,15,22H,1,8H2,(H2,19,20,23);1-2H3. The fourth-order valence-electron chi connectivity index (χ4n) is 2.72. The minimum atomic E-state index is -0.569. The minimum Gasteiger partial charge on any atom is -0.389 e. The molecule has 3 N–H and O–H groups in total. The Labute approximate surface area is 157 Å². The zero-order valence-electron chi connectivity index (χ0n) is 15.3. The van der Waals surface area contributed by atoms with Gasteiger partial charge in [-0.15, -0.1) is 0 Å². The van der Waals surface area contributed by atoms with Crippen LogP contribution in [0.1, 0.15) is 26.7 Å². The molecular formula is C20H23N3O4. The number of nitro benzene ring substituents is 1. The Morgan fingerprint density at radius 3 is 2.67 bits per heavy atom. The fourth-order valence-corrected chi connectivity index (χ4v) is 2.72. The molecule has 0 saturated heterocycles. The lowest BCUT2D eigenvalue weighted by Crippen LogP contribution is -2.31. The molecule has 7 nitrogen and oxygen atoms in total. The molecule has 1 aliphatic rings. The smallest absolute Gasteiger partial charge is 0.323 e. The van der Waals surface area contributed by atoms with Gasteiger partial charge in [-0.1, -0.05) is 38.1 Å². The molecule has 0 aliphatic heterocycles. The van der Waals surface area contributed by atoms with Crippen LogP contribution in [0.4, 0.5) is 21.9 Å². The quantitative estimate of drug-likeness (QED) is 0.571. The van der Waals surface area contributed by atoms with Gasteiger partial charge in [-0.25, -0.2) is 4.79 Å². The number of nitrogens with zero attached hydrogens (tertiary/aromatic N) is 1. The van der Waals surface area contributed by atoms with E-state index in [-0.39, 0.29) is 5.69 Å². The normalized spacial score (nSPS) is 14.9. The molecule has 2 aromatic carbocycles. The van der Waals surface area contributed by atoms with E-state index in [0.717, 1.165) is 16.9 Å². The molecule has 1 aliphatic carbocycles. The zero-order chi connectivity index (χ0) is 19.8. The van der Waals surface area contributed by atoms with Crippen molar-refractivity contribution in [1.29, 1.82) is 0 Å². The number of hydrogen-bond acceptors (Lipinski definition) is 4. The first kappa shape index (κ1) is 20.1. The number of hydrogen-bond donors (Lipinski definition) is 3. The highest BCUT2D eigenvalue weighted by Gasteiger charge is 2.10. The number of carbonyl (C=O) groups excluding carboxylic acids is 1. The third kappa shape index (κ3) is 5.39. The van der Waals surface area contributed by atoms with Gasteiger partial charge in [0, 0.05) is 28.7 Å². The van der Waals surface area contributed by atoms with Gasteiger partial charge in [0.1, 0.15) is 0 Å². The molecule has 27 heavy (non-hydrogen) atoms. The van der Waals surface area contributed by atoms with Crippen LogP contribution in [0, 0.1) is 10.1 Å². The van der Waals surface area contributed by atoms with Crippen LogP contribution < -0.4 is 21.1 Å². The average Bonchev–Trinajstić information content (AvgIpc) is 2.85. The van der Waals surface area contributed by atoms with E-state index < -0.39 is 17.1 Å². The van der Waals surface area contributed by atoms with Crippen molar-refractivity contribution in [2.24, 2.45) is 0 Å². The summed E-state index contributed by atoms with van der Waals surface area (Å²) in [5.74, 6) is 0. The molecule has 1 unspecified atom stereocenters. The Balaban J connectivity index is 0.00000126. The number of benzene rings is 2. The van der Waals surface area contributed by atoms with Crippen molar-refractivity contribution in [3.05, 3.63) is 63.0 Å². The number of aliphatic hydroxyl groups excluding tert-OH is 1. The molecule has 0 bridgehead atoms. The lowest BCUT2D eigenvalue weighted by molar-refractivity contribution is -0.384. The van der Waals surface area contributed by atoms with E-state index >= 15 is 0 Å². The molecule has 0 fully saturated rings. The molecule has 7 heteroatoms. The predicted octanol–water partition coefficient (Wildman–Crippen LogP) is 2.98. The van der Waals surface area contributed by atoms with E-state index in [0.29, 0.717) is 17.8 Å². The van der Waals surface area contributed by atoms with E-state index in [1.165, 1.54) is 18.2 Å². The van der Waals surface area contributed by atoms with Crippen molar-refractivity contribution in [2.75, 3.05) is 10.6 Å². The van der Waals surface area contributed by atoms with Crippen LogP contribution in [-0.4, -0.2) is 22.2 Å². The van der Waals surface area contributed by atoms with Gasteiger partial charge in [-0.3, -0.25) is 10.1 Å². The van der Waals surface area contributed by atoms with Crippen molar-refractivity contribution in [3.63, 3.8) is 0 Å². The topological polar surface area (TPSA) is 104 Å². The molecule has 0 aromatic heterocycles. The Kier molecular flexibility index (Phi) is 7.08. The number of nitro groups is 1. The Morgan fingerprint density at radius 2 is 1.93 bits per heavy atom. The number of amides is 2. The van der Waals surface area contributed by atoms with Crippen LogP contribution in [0.5, 0.6) is 0 Å². The van der Waals surface area contributed by atoms with Gasteiger partial charge in [0.2, 0.25) is 0 Å². The largest absolute Gasteiger partial charge is 0.389 e. The molecule has 0 saturated carbocycles. The van der Waals surface area contributed by atoms with Crippen molar-refractivity contribution < 1.29 is 14.8 Å². The molecule has 142 valence electrons. The van der Waals surface area contributed by atoms with Crippen LogP contribution in [-0.2, 0) is 0 Å². The molecule has 2 amide bonds. The third-order valence-electron chi connectivity index (χ3n) is 3.89. The Bertz CT molecular complexity index is 940. The van der Waals surface area contributed by atoms with Gasteiger partial charge >= 0.3 is 6.03 Å². The second-order valence-electron chi connectivity index (χ2n) is 5.71. The summed E-state index contributed by atoms with van der Waals surface area (Å²) in [7, 11) is 0. The highest BCUT2D eigenvalue weighted by molar-refractivity contribution is 6.00. The second kappa shape index (κ2) is 9.49. The van der Waals surface area contributed by atoms with Crippen molar-refractivity contribution >= 4 is 35.2 Å². The molecule has 3 rings (SSSR count). The summed E-state index contributed by atoms with van der Waals surface area (Å²) in [6.45, 7) is 4.00. The number of non-ortho nitro benzene ring substituents is 1. The van der Waals surface area contributed by atoms with Crippen molar-refractivity contribution in [2.45, 2.75) is 32.8 Å². The van der Waals surface area contributed by atoms with Gasteiger partial charge in [0.05, 0.1) is 11.0 Å². The lowest BCUT2D eigenvalue weighted by Gasteiger charge is -2.09. The van der Waals surface area contributed by atoms with Crippen LogP contribution in [0.3, 0.4) is 0 Å². The monoisotopic (exact) mass is 369 g/mol. The highest BCUT2D eigenvalue weighted by Crippen LogP contribution is 2.17. The maximum absolute atomic E-state index is 12.2. The minimum absolute atomic E-state index is 0.0996. The summed E-state index contributed by atoms with van der Waals surface area (Å²) in [5, 5.41) is 27.8. The maximum atomic E-state index is 12.2. The number of anilines is 2. The molecule has 1 atom stereocenters. The van der Waals surface area contributed by atoms with E-state index in [1.54, 1.807) is 18.2 Å². The van der Waals surface area contributed by atoms with Crippen molar-refractivity contribution in [3.8, 4) is 0 Å². The van der Waals surface area contributed by atoms with Gasteiger partial charge in [0.25, 0.3) is 5.69 Å². The zero-order valence-corrected chi connectivity index (χ0v) is 15.3. The molecule has 2 aromatic rings. The summed E-state index contributed by atoms with van der Waals surface area (Å²) in [5.41, 5.74) is 0.791. The van der Waals surface area contributed by atoms with E-state index in [2.05, 4.69) is 10.6 Å². The summed E-state index contributed by atoms with van der Waals surface area (Å²) < 4.78 is 0. The van der Waals surface area contributed by atoms with Gasteiger partial charge in [-0.05, 0) is 36.3 Å². The van der Waals surface area contributed by atoms with Crippen LogP contribution >= 0.6 is 0 Å². The fraction of sp³-hybridized carbons (Fsp3) is 0.250. The first-order valence-electron chi connectivity index (χ1n) is 8.84. The van der Waals surface area contributed by atoms with Gasteiger partial charge < -0.3 is 15.7 Å². The first-order valence-corrected chi connectivity index (χ1v) is 8.84. The number of urea groups is 1. The predicted molar refractivity (Wildman–Crippen MR) is 107 cm³/mol. The van der Waals surface area contributed by atoms with E-state index in [9.17, 15) is 20.0 Å². The molecule has 0 heterocycles. The number of nitrogens with one attached hydrogen (secondary N) is 2. The number of carbonyl (C=O) groups is 1. The van der Waals surface area contributed by atoms with Crippen LogP contribution in [0.15, 0.2) is 42.5 Å². The lowest BCUT2D eigenvalue weighted by atomic mass is 10.2. The third-order valence-corrected chi connectivity index (χ3v) is 3.89. The Morgan fingerprint density at radius 1 is 1.19 bits per heavy atom. The average molecular weight is 369 g/mol. The highest BCUT2D eigenvalue weighted by atomic mass is 16.6. The van der Waals surface area contributed by atoms with Crippen LogP contribution in [0.2, 0.25) is 0 Å². The SMILES string of the molecule is CC.O=C(Nc1cccc([N+](=O)[O-])c1)Nc1cccc2c1=CC(O)CCC=2. The summed E-state index contributed by atoms with van der Waals surface area (Å²) in [6.07, 6.45) is 4.57. The number of fused-ring (bicyclic) bond motifs is 1. The van der Waals surface area contributed by atoms with E-state index in [4.69, 9.17) is 0 Å². The Hall–Kier alpha value is -3.19. The van der Waals surface area contributed by atoms with Gasteiger partial charge in [-0.2, -0.15) is 0 Å². The second-order valence-corrected chi connectivity index (χ2v) is 5.71. The molecular weight excluding hydrogens is 346 g/mol. The van der Waals surface area contributed by atoms with Gasteiger partial charge in [0.15, 0.2) is 0 Å². The number of rotatable bonds is 3. The maximum Gasteiger partial charge on any atom is 0.323 e. The van der Waals surface area contributed by atoms with Crippen molar-refractivity contribution in [1.82, 2.24) is 0 Å². The van der Waals surface area contributed by atoms with E-state index in [1.807, 2.05) is 32.1 Å². The molecule has 0 spiro atoms. The first-order chi connectivity index (χ1) is 13.0. The number of aliphatic hydroxyl groups is 1. The summed E-state index contributed by atoms with van der Waals surface area (Å²) in [4.78, 5) is 22.5. The van der Waals surface area contributed by atoms with Crippen LogP contribution in [0.25, 0.3) is 12.2 Å². The summed E-state index contributed by atoms with van der Waals surface area (Å²) in [6, 6.07) is 10.7. The molecule has 0 radical (unpaired) electrons. The summed E-state index contributed by atoms with van der Waals surface area (Å²) >= 11 is 0.